The molecule has 1 rings (SSSR count). The van der Waals surface area contributed by atoms with Gasteiger partial charge in [-0.15, -0.1) is 11.8 Å². The first-order valence-corrected chi connectivity index (χ1v) is 4.97. The first-order chi connectivity index (χ1) is 6.27. The molecule has 4 heteroatoms. The number of hydrogen-bond acceptors (Lipinski definition) is 3. The fraction of sp³-hybridized carbons (Fsp3) is 0.222. The first-order valence-electron chi connectivity index (χ1n) is 3.61. The van der Waals surface area contributed by atoms with E-state index in [1.165, 1.54) is 11.8 Å². The zero-order valence-corrected chi connectivity index (χ0v) is 8.65. The monoisotopic (exact) mass is 213 g/mol. The number of thioether (sulfide) groups is 1. The van der Waals surface area contributed by atoms with Crippen LogP contribution in [0.3, 0.4) is 0 Å². The van der Waals surface area contributed by atoms with Crippen LogP contribution in [0, 0.1) is 11.3 Å². The summed E-state index contributed by atoms with van der Waals surface area (Å²) >= 11 is 7.35. The van der Waals surface area contributed by atoms with Gasteiger partial charge >= 0.3 is 0 Å². The molecule has 0 radical (unpaired) electrons. The van der Waals surface area contributed by atoms with Gasteiger partial charge in [0, 0.05) is 4.90 Å². The lowest BCUT2D eigenvalue weighted by Crippen LogP contribution is -1.83. The van der Waals surface area contributed by atoms with Crippen LogP contribution in [0.1, 0.15) is 0 Å². The molecule has 0 N–H and O–H groups in total. The van der Waals surface area contributed by atoms with Crippen LogP contribution in [-0.4, -0.2) is 12.9 Å². The Morgan fingerprint density at radius 2 is 2.38 bits per heavy atom. The molecule has 1 aromatic carbocycles. The van der Waals surface area contributed by atoms with Crippen molar-refractivity contribution >= 4 is 23.4 Å². The van der Waals surface area contributed by atoms with E-state index in [0.717, 1.165) is 10.6 Å². The summed E-state index contributed by atoms with van der Waals surface area (Å²) in [6.45, 7) is 0. The maximum Gasteiger partial charge on any atom is 0.120 e. The molecule has 0 aliphatic rings. The van der Waals surface area contributed by atoms with Gasteiger partial charge in [-0.3, -0.25) is 0 Å². The van der Waals surface area contributed by atoms with E-state index in [4.69, 9.17) is 21.6 Å². The quantitative estimate of drug-likeness (QED) is 0.724. The standard InChI is InChI=1S/C9H8ClNOS/c1-12-7-2-3-9(8(10)6-7)13-5-4-11/h2-3,6H,5H2,1H3. The van der Waals surface area contributed by atoms with Crippen LogP contribution < -0.4 is 4.74 Å². The maximum atomic E-state index is 8.38. The minimum atomic E-state index is 0.409. The van der Waals surface area contributed by atoms with Crippen LogP contribution in [0.2, 0.25) is 5.02 Å². The van der Waals surface area contributed by atoms with Crippen LogP contribution in [0.4, 0.5) is 0 Å². The van der Waals surface area contributed by atoms with Gasteiger partial charge in [-0.25, -0.2) is 0 Å². The highest BCUT2D eigenvalue weighted by Gasteiger charge is 2.01. The molecule has 2 nitrogen and oxygen atoms in total. The van der Waals surface area contributed by atoms with E-state index in [-0.39, 0.29) is 0 Å². The number of methoxy groups -OCH3 is 1. The van der Waals surface area contributed by atoms with E-state index in [1.807, 2.05) is 18.2 Å². The summed E-state index contributed by atoms with van der Waals surface area (Å²) in [6.07, 6.45) is 0. The Labute approximate surface area is 86.5 Å². The summed E-state index contributed by atoms with van der Waals surface area (Å²) in [5.74, 6) is 1.14. The van der Waals surface area contributed by atoms with Gasteiger partial charge in [0.2, 0.25) is 0 Å². The fourth-order valence-corrected chi connectivity index (χ4v) is 1.75. The Morgan fingerprint density at radius 1 is 1.62 bits per heavy atom. The van der Waals surface area contributed by atoms with Gasteiger partial charge in [-0.05, 0) is 18.2 Å². The molecule has 13 heavy (non-hydrogen) atoms. The maximum absolute atomic E-state index is 8.38. The Balaban J connectivity index is 2.80. The Hall–Kier alpha value is -0.850. The minimum Gasteiger partial charge on any atom is -0.497 e. The lowest BCUT2D eigenvalue weighted by atomic mass is 10.3. The molecule has 0 bridgehead atoms. The first kappa shape index (κ1) is 10.2. The van der Waals surface area contributed by atoms with Crippen molar-refractivity contribution in [2.45, 2.75) is 4.90 Å². The molecule has 0 spiro atoms. The highest BCUT2D eigenvalue weighted by atomic mass is 35.5. The normalized spacial score (nSPS) is 9.31. The topological polar surface area (TPSA) is 33.0 Å². The Kier molecular flexibility index (Phi) is 3.94. The van der Waals surface area contributed by atoms with Crippen molar-refractivity contribution < 1.29 is 4.74 Å². The van der Waals surface area contributed by atoms with Crippen LogP contribution in [0.5, 0.6) is 5.75 Å². The van der Waals surface area contributed by atoms with Crippen LogP contribution in [0.15, 0.2) is 23.1 Å². The number of hydrogen-bond donors (Lipinski definition) is 0. The lowest BCUT2D eigenvalue weighted by Gasteiger charge is -2.03. The number of benzene rings is 1. The molecular formula is C9H8ClNOS. The van der Waals surface area contributed by atoms with Gasteiger partial charge in [-0.2, -0.15) is 5.26 Å². The van der Waals surface area contributed by atoms with E-state index in [1.54, 1.807) is 13.2 Å². The van der Waals surface area contributed by atoms with E-state index < -0.39 is 0 Å². The second-order valence-corrected chi connectivity index (χ2v) is 3.67. The molecule has 0 amide bonds. The second kappa shape index (κ2) is 5.00. The molecule has 0 saturated heterocycles. The fourth-order valence-electron chi connectivity index (χ4n) is 0.836. The van der Waals surface area contributed by atoms with Crippen LogP contribution in [-0.2, 0) is 0 Å². The lowest BCUT2D eigenvalue weighted by molar-refractivity contribution is 0.414. The third-order valence-corrected chi connectivity index (χ3v) is 2.80. The summed E-state index contributed by atoms with van der Waals surface area (Å²) in [5, 5.41) is 9.01. The Bertz CT molecular complexity index is 335. The van der Waals surface area contributed by atoms with Gasteiger partial charge in [0.05, 0.1) is 24.0 Å². The third-order valence-electron chi connectivity index (χ3n) is 1.43. The summed E-state index contributed by atoms with van der Waals surface area (Å²) in [6, 6.07) is 7.46. The van der Waals surface area contributed by atoms with Gasteiger partial charge in [-0.1, -0.05) is 11.6 Å². The van der Waals surface area contributed by atoms with E-state index in [0.29, 0.717) is 10.8 Å². The number of nitriles is 1. The number of rotatable bonds is 3. The van der Waals surface area contributed by atoms with Crippen molar-refractivity contribution in [1.82, 2.24) is 0 Å². The molecule has 0 aliphatic heterocycles. The van der Waals surface area contributed by atoms with Gasteiger partial charge in [0.15, 0.2) is 0 Å². The average molecular weight is 214 g/mol. The highest BCUT2D eigenvalue weighted by Crippen LogP contribution is 2.29. The largest absolute Gasteiger partial charge is 0.497 e. The minimum absolute atomic E-state index is 0.409. The van der Waals surface area contributed by atoms with Gasteiger partial charge in [0.25, 0.3) is 0 Å². The zero-order valence-electron chi connectivity index (χ0n) is 7.08. The molecule has 0 heterocycles. The van der Waals surface area contributed by atoms with Crippen molar-refractivity contribution in [1.29, 1.82) is 5.26 Å². The van der Waals surface area contributed by atoms with E-state index in [2.05, 4.69) is 0 Å². The van der Waals surface area contributed by atoms with Crippen molar-refractivity contribution in [2.75, 3.05) is 12.9 Å². The van der Waals surface area contributed by atoms with Crippen molar-refractivity contribution in [3.63, 3.8) is 0 Å². The second-order valence-electron chi connectivity index (χ2n) is 2.24. The molecule has 68 valence electrons. The van der Waals surface area contributed by atoms with E-state index >= 15 is 0 Å². The van der Waals surface area contributed by atoms with Gasteiger partial charge in [0.1, 0.15) is 5.75 Å². The molecule has 0 fully saturated rings. The molecule has 0 aromatic heterocycles. The summed E-state index contributed by atoms with van der Waals surface area (Å²) in [7, 11) is 1.59. The molecule has 0 unspecified atom stereocenters. The molecule has 0 saturated carbocycles. The van der Waals surface area contributed by atoms with E-state index in [9.17, 15) is 0 Å². The smallest absolute Gasteiger partial charge is 0.120 e. The number of ether oxygens (including phenoxy) is 1. The van der Waals surface area contributed by atoms with Crippen molar-refractivity contribution in [3.8, 4) is 11.8 Å². The van der Waals surface area contributed by atoms with Crippen LogP contribution >= 0.6 is 23.4 Å². The molecule has 0 atom stereocenters. The SMILES string of the molecule is COc1ccc(SCC#N)c(Cl)c1. The number of halogens is 1. The summed E-state index contributed by atoms with van der Waals surface area (Å²) < 4.78 is 5.00. The predicted molar refractivity (Wildman–Crippen MR) is 54.3 cm³/mol. The molecule has 1 aromatic rings. The van der Waals surface area contributed by atoms with Crippen molar-refractivity contribution in [2.24, 2.45) is 0 Å². The predicted octanol–water partition coefficient (Wildman–Crippen LogP) is 2.96. The summed E-state index contributed by atoms with van der Waals surface area (Å²) in [5.41, 5.74) is 0. The number of nitrogens with zero attached hydrogens (tertiary/aromatic N) is 1. The van der Waals surface area contributed by atoms with Crippen molar-refractivity contribution in [3.05, 3.63) is 23.2 Å². The highest BCUT2D eigenvalue weighted by molar-refractivity contribution is 7.99. The third kappa shape index (κ3) is 2.83. The molecule has 0 aliphatic carbocycles. The van der Waals surface area contributed by atoms with Gasteiger partial charge < -0.3 is 4.74 Å². The van der Waals surface area contributed by atoms with Crippen LogP contribution in [0.25, 0.3) is 0 Å². The average Bonchev–Trinajstić information content (AvgIpc) is 2.16. The molecular weight excluding hydrogens is 206 g/mol. The Morgan fingerprint density at radius 3 is 2.92 bits per heavy atom. The zero-order chi connectivity index (χ0) is 9.68. The summed E-state index contributed by atoms with van der Waals surface area (Å²) in [4.78, 5) is 0.906.